The molecule has 1 aromatic carbocycles. The van der Waals surface area contributed by atoms with Crippen molar-refractivity contribution in [1.29, 1.82) is 0 Å². The third-order valence-corrected chi connectivity index (χ3v) is 5.50. The van der Waals surface area contributed by atoms with E-state index in [0.29, 0.717) is 18.9 Å². The molecule has 0 aliphatic heterocycles. The molecule has 0 atom stereocenters. The summed E-state index contributed by atoms with van der Waals surface area (Å²) in [5.74, 6) is 0.652. The SMILES string of the molecule is CCOc1ccc(S(=O)(=O)NCC2(CO)CCCC2)cc1. The molecule has 1 fully saturated rings. The molecule has 1 aromatic rings. The van der Waals surface area contributed by atoms with E-state index in [2.05, 4.69) is 4.72 Å². The summed E-state index contributed by atoms with van der Waals surface area (Å²) in [7, 11) is -3.54. The molecule has 0 saturated heterocycles. The fourth-order valence-corrected chi connectivity index (χ4v) is 3.89. The summed E-state index contributed by atoms with van der Waals surface area (Å²) in [6.07, 6.45) is 3.83. The highest BCUT2D eigenvalue weighted by molar-refractivity contribution is 7.89. The Morgan fingerprint density at radius 1 is 1.24 bits per heavy atom. The minimum absolute atomic E-state index is 0.0266. The molecule has 0 radical (unpaired) electrons. The fourth-order valence-electron chi connectivity index (χ4n) is 2.73. The number of ether oxygens (including phenoxy) is 1. The molecule has 0 amide bonds. The number of hydrogen-bond donors (Lipinski definition) is 2. The van der Waals surface area contributed by atoms with Crippen LogP contribution in [0.2, 0.25) is 0 Å². The van der Waals surface area contributed by atoms with Crippen molar-refractivity contribution in [3.63, 3.8) is 0 Å². The van der Waals surface area contributed by atoms with E-state index in [1.54, 1.807) is 12.1 Å². The Balaban J connectivity index is 2.04. The Morgan fingerprint density at radius 2 is 1.86 bits per heavy atom. The Kier molecular flexibility index (Phi) is 5.24. The molecule has 6 heteroatoms. The van der Waals surface area contributed by atoms with E-state index in [4.69, 9.17) is 4.74 Å². The standard InChI is InChI=1S/C15H23NO4S/c1-2-20-13-5-7-14(8-6-13)21(18,19)16-11-15(12-17)9-3-4-10-15/h5-8,16-17H,2-4,9-12H2,1H3. The van der Waals surface area contributed by atoms with Crippen LogP contribution in [-0.2, 0) is 10.0 Å². The van der Waals surface area contributed by atoms with Gasteiger partial charge in [-0.2, -0.15) is 0 Å². The van der Waals surface area contributed by atoms with Crippen molar-refractivity contribution >= 4 is 10.0 Å². The first kappa shape index (κ1) is 16.3. The molecule has 1 saturated carbocycles. The lowest BCUT2D eigenvalue weighted by Crippen LogP contribution is -2.38. The molecule has 118 valence electrons. The van der Waals surface area contributed by atoms with Gasteiger partial charge in [-0.15, -0.1) is 0 Å². The first-order valence-electron chi connectivity index (χ1n) is 7.35. The van der Waals surface area contributed by atoms with Gasteiger partial charge in [-0.1, -0.05) is 12.8 Å². The zero-order chi connectivity index (χ0) is 15.3. The van der Waals surface area contributed by atoms with Crippen molar-refractivity contribution in [2.75, 3.05) is 19.8 Å². The van der Waals surface area contributed by atoms with Gasteiger partial charge in [-0.05, 0) is 44.0 Å². The zero-order valence-electron chi connectivity index (χ0n) is 12.3. The molecule has 21 heavy (non-hydrogen) atoms. The van der Waals surface area contributed by atoms with Crippen molar-refractivity contribution in [2.24, 2.45) is 5.41 Å². The molecule has 2 N–H and O–H groups in total. The third-order valence-electron chi connectivity index (χ3n) is 4.08. The van der Waals surface area contributed by atoms with Crippen molar-refractivity contribution in [1.82, 2.24) is 4.72 Å². The number of aliphatic hydroxyl groups excluding tert-OH is 1. The summed E-state index contributed by atoms with van der Waals surface area (Å²) >= 11 is 0. The van der Waals surface area contributed by atoms with Gasteiger partial charge in [0.15, 0.2) is 0 Å². The van der Waals surface area contributed by atoms with E-state index < -0.39 is 10.0 Å². The first-order valence-corrected chi connectivity index (χ1v) is 8.83. The van der Waals surface area contributed by atoms with E-state index in [1.807, 2.05) is 6.92 Å². The van der Waals surface area contributed by atoms with Crippen LogP contribution < -0.4 is 9.46 Å². The minimum atomic E-state index is -3.54. The highest BCUT2D eigenvalue weighted by Crippen LogP contribution is 2.37. The first-order chi connectivity index (χ1) is 10.0. The summed E-state index contributed by atoms with van der Waals surface area (Å²) in [5, 5.41) is 9.53. The fraction of sp³-hybridized carbons (Fsp3) is 0.600. The molecule has 0 unspecified atom stereocenters. The summed E-state index contributed by atoms with van der Waals surface area (Å²) in [6, 6.07) is 6.37. The molecule has 1 aliphatic carbocycles. The summed E-state index contributed by atoms with van der Waals surface area (Å²) in [5.41, 5.74) is -0.293. The van der Waals surface area contributed by atoms with E-state index in [0.717, 1.165) is 25.7 Å². The van der Waals surface area contributed by atoms with Crippen LogP contribution in [0.3, 0.4) is 0 Å². The van der Waals surface area contributed by atoms with E-state index in [1.165, 1.54) is 12.1 Å². The van der Waals surface area contributed by atoms with Crippen LogP contribution in [0.1, 0.15) is 32.6 Å². The lowest BCUT2D eigenvalue weighted by Gasteiger charge is -2.26. The van der Waals surface area contributed by atoms with Crippen LogP contribution in [0.5, 0.6) is 5.75 Å². The lowest BCUT2D eigenvalue weighted by molar-refractivity contribution is 0.134. The Labute approximate surface area is 126 Å². The highest BCUT2D eigenvalue weighted by Gasteiger charge is 2.34. The summed E-state index contributed by atoms with van der Waals surface area (Å²) < 4.78 is 32.5. The molecular weight excluding hydrogens is 290 g/mol. The molecule has 0 spiro atoms. The van der Waals surface area contributed by atoms with Gasteiger partial charge in [-0.25, -0.2) is 13.1 Å². The molecular formula is C15H23NO4S. The monoisotopic (exact) mass is 313 g/mol. The predicted molar refractivity (Wildman–Crippen MR) is 80.8 cm³/mol. The Morgan fingerprint density at radius 3 is 2.38 bits per heavy atom. The normalized spacial score (nSPS) is 17.8. The van der Waals surface area contributed by atoms with Gasteiger partial charge in [0, 0.05) is 18.6 Å². The summed E-state index contributed by atoms with van der Waals surface area (Å²) in [6.45, 7) is 2.74. The van der Waals surface area contributed by atoms with Crippen molar-refractivity contribution in [3.05, 3.63) is 24.3 Å². The second-order valence-corrected chi connectivity index (χ2v) is 7.36. The number of aliphatic hydroxyl groups is 1. The Hall–Kier alpha value is -1.11. The van der Waals surface area contributed by atoms with Crippen molar-refractivity contribution in [2.45, 2.75) is 37.5 Å². The number of rotatable bonds is 7. The lowest BCUT2D eigenvalue weighted by atomic mass is 9.88. The van der Waals surface area contributed by atoms with Gasteiger partial charge in [0.1, 0.15) is 5.75 Å². The van der Waals surface area contributed by atoms with Crippen LogP contribution in [0.4, 0.5) is 0 Å². The average molecular weight is 313 g/mol. The minimum Gasteiger partial charge on any atom is -0.494 e. The average Bonchev–Trinajstić information content (AvgIpc) is 2.96. The maximum atomic E-state index is 12.3. The molecule has 0 bridgehead atoms. The molecule has 0 heterocycles. The quantitative estimate of drug-likeness (QED) is 0.806. The zero-order valence-corrected chi connectivity index (χ0v) is 13.2. The van der Waals surface area contributed by atoms with Crippen molar-refractivity contribution in [3.8, 4) is 5.75 Å². The second kappa shape index (κ2) is 6.77. The van der Waals surface area contributed by atoms with Crippen LogP contribution in [0.25, 0.3) is 0 Å². The van der Waals surface area contributed by atoms with Crippen LogP contribution >= 0.6 is 0 Å². The van der Waals surface area contributed by atoms with Crippen molar-refractivity contribution < 1.29 is 18.3 Å². The number of hydrogen-bond acceptors (Lipinski definition) is 4. The van der Waals surface area contributed by atoms with Gasteiger partial charge >= 0.3 is 0 Å². The molecule has 5 nitrogen and oxygen atoms in total. The maximum Gasteiger partial charge on any atom is 0.240 e. The van der Waals surface area contributed by atoms with E-state index in [-0.39, 0.29) is 16.9 Å². The second-order valence-electron chi connectivity index (χ2n) is 5.59. The van der Waals surface area contributed by atoms with Crippen LogP contribution in [0, 0.1) is 5.41 Å². The molecule has 0 aromatic heterocycles. The van der Waals surface area contributed by atoms with Gasteiger partial charge in [0.05, 0.1) is 11.5 Å². The van der Waals surface area contributed by atoms with Crippen LogP contribution in [-0.4, -0.2) is 33.3 Å². The largest absolute Gasteiger partial charge is 0.494 e. The summed E-state index contributed by atoms with van der Waals surface area (Å²) in [4.78, 5) is 0.219. The smallest absolute Gasteiger partial charge is 0.240 e. The van der Waals surface area contributed by atoms with Gasteiger partial charge in [0.25, 0.3) is 0 Å². The van der Waals surface area contributed by atoms with Gasteiger partial charge < -0.3 is 9.84 Å². The topological polar surface area (TPSA) is 75.6 Å². The highest BCUT2D eigenvalue weighted by atomic mass is 32.2. The number of sulfonamides is 1. The van der Waals surface area contributed by atoms with Gasteiger partial charge in [-0.3, -0.25) is 0 Å². The van der Waals surface area contributed by atoms with E-state index >= 15 is 0 Å². The maximum absolute atomic E-state index is 12.3. The van der Waals surface area contributed by atoms with Gasteiger partial charge in [0.2, 0.25) is 10.0 Å². The molecule has 1 aliphatic rings. The Bertz CT molecular complexity index is 548. The number of nitrogens with one attached hydrogen (secondary N) is 1. The molecule has 2 rings (SSSR count). The third kappa shape index (κ3) is 3.96. The number of benzene rings is 1. The predicted octanol–water partition coefficient (Wildman–Crippen LogP) is 1.92. The van der Waals surface area contributed by atoms with Crippen LogP contribution in [0.15, 0.2) is 29.2 Å². The van der Waals surface area contributed by atoms with E-state index in [9.17, 15) is 13.5 Å².